The summed E-state index contributed by atoms with van der Waals surface area (Å²) >= 11 is 0. The zero-order chi connectivity index (χ0) is 17.6. The highest BCUT2D eigenvalue weighted by Gasteiger charge is 2.29. The van der Waals surface area contributed by atoms with Crippen LogP contribution >= 0.6 is 0 Å². The molecule has 0 atom stereocenters. The van der Waals surface area contributed by atoms with Crippen molar-refractivity contribution in [3.8, 4) is 5.75 Å². The van der Waals surface area contributed by atoms with Gasteiger partial charge in [0.2, 0.25) is 5.79 Å². The summed E-state index contributed by atoms with van der Waals surface area (Å²) in [7, 11) is 4.65. The van der Waals surface area contributed by atoms with Gasteiger partial charge in [-0.2, -0.15) is 0 Å². The number of rotatable bonds is 7. The maximum absolute atomic E-state index is 10.8. The Bertz CT molecular complexity index is 703. The average molecular weight is 329 g/mol. The number of methoxy groups -OCH3 is 3. The highest BCUT2D eigenvalue weighted by Crippen LogP contribution is 2.30. The van der Waals surface area contributed by atoms with Gasteiger partial charge < -0.3 is 14.2 Å². The van der Waals surface area contributed by atoms with Crippen molar-refractivity contribution in [3.05, 3.63) is 75.8 Å². The molecule has 0 radical (unpaired) electrons. The van der Waals surface area contributed by atoms with Crippen molar-refractivity contribution in [1.82, 2.24) is 0 Å². The zero-order valence-corrected chi connectivity index (χ0v) is 13.8. The van der Waals surface area contributed by atoms with Crippen LogP contribution in [-0.2, 0) is 15.3 Å². The van der Waals surface area contributed by atoms with Crippen LogP contribution < -0.4 is 4.74 Å². The first-order chi connectivity index (χ1) is 11.5. The molecule has 0 unspecified atom stereocenters. The highest BCUT2D eigenvalue weighted by molar-refractivity contribution is 5.52. The molecule has 24 heavy (non-hydrogen) atoms. The van der Waals surface area contributed by atoms with Crippen molar-refractivity contribution in [2.75, 3.05) is 21.3 Å². The van der Waals surface area contributed by atoms with Gasteiger partial charge in [-0.15, -0.1) is 0 Å². The van der Waals surface area contributed by atoms with E-state index < -0.39 is 10.7 Å². The van der Waals surface area contributed by atoms with Gasteiger partial charge in [-0.25, -0.2) is 0 Å². The molecule has 0 saturated heterocycles. The van der Waals surface area contributed by atoms with Gasteiger partial charge in [0, 0.05) is 31.9 Å². The second kappa shape index (κ2) is 7.72. The number of non-ortho nitro benzene ring substituents is 1. The highest BCUT2D eigenvalue weighted by atomic mass is 16.7. The van der Waals surface area contributed by atoms with Gasteiger partial charge in [-0.05, 0) is 35.9 Å². The van der Waals surface area contributed by atoms with E-state index in [1.54, 1.807) is 25.3 Å². The van der Waals surface area contributed by atoms with Crippen molar-refractivity contribution in [1.29, 1.82) is 0 Å². The lowest BCUT2D eigenvalue weighted by atomic mass is 10.0. The van der Waals surface area contributed by atoms with E-state index in [9.17, 15) is 10.1 Å². The molecule has 0 aromatic heterocycles. The van der Waals surface area contributed by atoms with Gasteiger partial charge in [0.15, 0.2) is 0 Å². The van der Waals surface area contributed by atoms with Crippen molar-refractivity contribution >= 4 is 11.8 Å². The van der Waals surface area contributed by atoms with Crippen LogP contribution in [-0.4, -0.2) is 26.3 Å². The quantitative estimate of drug-likeness (QED) is 0.439. The Morgan fingerprint density at radius 3 is 2.00 bits per heavy atom. The van der Waals surface area contributed by atoms with Crippen LogP contribution in [0.2, 0.25) is 0 Å². The minimum Gasteiger partial charge on any atom is -0.497 e. The lowest BCUT2D eigenvalue weighted by Gasteiger charge is -2.28. The minimum absolute atomic E-state index is 0.0130. The van der Waals surface area contributed by atoms with E-state index in [0.717, 1.165) is 11.3 Å². The van der Waals surface area contributed by atoms with Gasteiger partial charge in [-0.1, -0.05) is 18.2 Å². The molecular formula is C18H19NO5. The summed E-state index contributed by atoms with van der Waals surface area (Å²) in [6.07, 6.45) is 3.61. The van der Waals surface area contributed by atoms with E-state index >= 15 is 0 Å². The van der Waals surface area contributed by atoms with Crippen LogP contribution in [0.1, 0.15) is 11.1 Å². The standard InChI is InChI=1S/C18H19NO5/c1-22-17-10-4-14(5-11-17)12-13-18(23-2,24-3)15-6-8-16(9-7-15)19(20)21/h4-13H,1-3H3/b13-12+. The molecule has 2 aromatic rings. The van der Waals surface area contributed by atoms with Crippen LogP contribution in [0, 0.1) is 10.1 Å². The first kappa shape index (κ1) is 17.7. The Hall–Kier alpha value is -2.70. The Labute approximate surface area is 140 Å². The van der Waals surface area contributed by atoms with Crippen LogP contribution in [0.4, 0.5) is 5.69 Å². The molecule has 0 heterocycles. The lowest BCUT2D eigenvalue weighted by Crippen LogP contribution is -2.28. The van der Waals surface area contributed by atoms with Crippen LogP contribution in [0.25, 0.3) is 6.08 Å². The molecular weight excluding hydrogens is 310 g/mol. The number of ether oxygens (including phenoxy) is 3. The predicted molar refractivity (Wildman–Crippen MR) is 90.8 cm³/mol. The maximum atomic E-state index is 10.8. The van der Waals surface area contributed by atoms with Gasteiger partial charge in [0.1, 0.15) is 5.75 Å². The smallest absolute Gasteiger partial charge is 0.269 e. The number of hydrogen-bond acceptors (Lipinski definition) is 5. The molecule has 0 amide bonds. The molecule has 6 heteroatoms. The predicted octanol–water partition coefficient (Wildman–Crippen LogP) is 3.76. The Balaban J connectivity index is 2.31. The largest absolute Gasteiger partial charge is 0.497 e. The number of nitro benzene ring substituents is 1. The van der Waals surface area contributed by atoms with Gasteiger partial charge >= 0.3 is 0 Å². The van der Waals surface area contributed by atoms with E-state index in [1.165, 1.54) is 26.4 Å². The second-order valence-corrected chi connectivity index (χ2v) is 4.99. The second-order valence-electron chi connectivity index (χ2n) is 4.99. The molecule has 126 valence electrons. The van der Waals surface area contributed by atoms with E-state index in [0.29, 0.717) is 5.56 Å². The summed E-state index contributed by atoms with van der Waals surface area (Å²) in [4.78, 5) is 10.3. The number of hydrogen-bond donors (Lipinski definition) is 0. The summed E-state index contributed by atoms with van der Waals surface area (Å²) in [5.74, 6) is -0.359. The summed E-state index contributed by atoms with van der Waals surface area (Å²) in [5, 5.41) is 10.8. The monoisotopic (exact) mass is 329 g/mol. The minimum atomic E-state index is -1.13. The third-order valence-electron chi connectivity index (χ3n) is 3.70. The number of nitrogens with zero attached hydrogens (tertiary/aromatic N) is 1. The SMILES string of the molecule is COc1ccc(/C=C/C(OC)(OC)c2ccc([N+](=O)[O-])cc2)cc1. The molecule has 0 N–H and O–H groups in total. The van der Waals surface area contributed by atoms with Crippen molar-refractivity contribution in [2.24, 2.45) is 0 Å². The summed E-state index contributed by atoms with van der Waals surface area (Å²) in [5.41, 5.74) is 1.61. The normalized spacial score (nSPS) is 11.6. The Morgan fingerprint density at radius 1 is 0.958 bits per heavy atom. The van der Waals surface area contributed by atoms with Crippen LogP contribution in [0.3, 0.4) is 0 Å². The molecule has 6 nitrogen and oxygen atoms in total. The van der Waals surface area contributed by atoms with Gasteiger partial charge in [0.05, 0.1) is 12.0 Å². The fraction of sp³-hybridized carbons (Fsp3) is 0.222. The third kappa shape index (κ3) is 3.79. The average Bonchev–Trinajstić information content (AvgIpc) is 2.64. The van der Waals surface area contributed by atoms with Crippen LogP contribution in [0.5, 0.6) is 5.75 Å². The third-order valence-corrected chi connectivity index (χ3v) is 3.70. The topological polar surface area (TPSA) is 70.8 Å². The summed E-state index contributed by atoms with van der Waals surface area (Å²) in [6.45, 7) is 0. The molecule has 0 aliphatic carbocycles. The maximum Gasteiger partial charge on any atom is 0.269 e. The fourth-order valence-electron chi connectivity index (χ4n) is 2.29. The van der Waals surface area contributed by atoms with E-state index in [4.69, 9.17) is 14.2 Å². The molecule has 0 fully saturated rings. The molecule has 2 rings (SSSR count). The van der Waals surface area contributed by atoms with Gasteiger partial charge in [-0.3, -0.25) is 10.1 Å². The van der Waals surface area contributed by atoms with E-state index in [-0.39, 0.29) is 5.69 Å². The first-order valence-corrected chi connectivity index (χ1v) is 7.23. The van der Waals surface area contributed by atoms with Crippen molar-refractivity contribution in [3.63, 3.8) is 0 Å². The van der Waals surface area contributed by atoms with Crippen LogP contribution in [0.15, 0.2) is 54.6 Å². The zero-order valence-electron chi connectivity index (χ0n) is 13.8. The fourth-order valence-corrected chi connectivity index (χ4v) is 2.29. The molecule has 0 spiro atoms. The van der Waals surface area contributed by atoms with E-state index in [1.807, 2.05) is 30.3 Å². The van der Waals surface area contributed by atoms with Gasteiger partial charge in [0.25, 0.3) is 5.69 Å². The van der Waals surface area contributed by atoms with Crippen molar-refractivity contribution in [2.45, 2.75) is 5.79 Å². The van der Waals surface area contributed by atoms with E-state index in [2.05, 4.69) is 0 Å². The molecule has 0 saturated carbocycles. The molecule has 0 aliphatic rings. The lowest BCUT2D eigenvalue weighted by molar-refractivity contribution is -0.384. The summed E-state index contributed by atoms with van der Waals surface area (Å²) in [6, 6.07) is 13.6. The summed E-state index contributed by atoms with van der Waals surface area (Å²) < 4.78 is 16.2. The Morgan fingerprint density at radius 2 is 1.54 bits per heavy atom. The number of nitro groups is 1. The molecule has 0 aliphatic heterocycles. The molecule has 2 aromatic carbocycles. The molecule has 0 bridgehead atoms. The number of benzene rings is 2. The first-order valence-electron chi connectivity index (χ1n) is 7.23. The Kier molecular flexibility index (Phi) is 5.68. The van der Waals surface area contributed by atoms with Crippen molar-refractivity contribution < 1.29 is 19.1 Å².